The molecule has 1 N–H and O–H groups in total. The SMILES string of the molecule is CNC(=O)c1cc(C)ccc1Sc1ccccc1COC(C)=O. The predicted octanol–water partition coefficient (Wildman–Crippen LogP) is 3.57. The number of benzene rings is 2. The molecular weight excluding hydrogens is 310 g/mol. The normalized spacial score (nSPS) is 10.2. The van der Waals surface area contributed by atoms with E-state index in [0.717, 1.165) is 20.9 Å². The molecule has 0 bridgehead atoms. The van der Waals surface area contributed by atoms with Gasteiger partial charge >= 0.3 is 5.97 Å². The van der Waals surface area contributed by atoms with Gasteiger partial charge in [-0.05, 0) is 25.1 Å². The van der Waals surface area contributed by atoms with Crippen molar-refractivity contribution in [3.8, 4) is 0 Å². The van der Waals surface area contributed by atoms with Crippen LogP contribution in [-0.2, 0) is 16.1 Å². The molecule has 0 aliphatic carbocycles. The van der Waals surface area contributed by atoms with Crippen molar-refractivity contribution in [2.24, 2.45) is 0 Å². The standard InChI is InChI=1S/C18H19NO3S/c1-12-8-9-17(15(10-12)18(21)19-3)23-16-7-5-4-6-14(16)11-22-13(2)20/h4-10H,11H2,1-3H3,(H,19,21). The van der Waals surface area contributed by atoms with Crippen molar-refractivity contribution in [3.63, 3.8) is 0 Å². The van der Waals surface area contributed by atoms with Crippen LogP contribution in [0.3, 0.4) is 0 Å². The van der Waals surface area contributed by atoms with Crippen LogP contribution in [-0.4, -0.2) is 18.9 Å². The van der Waals surface area contributed by atoms with E-state index in [1.165, 1.54) is 18.7 Å². The lowest BCUT2D eigenvalue weighted by atomic mass is 10.1. The van der Waals surface area contributed by atoms with Crippen LogP contribution in [0.25, 0.3) is 0 Å². The molecule has 0 fully saturated rings. The molecule has 23 heavy (non-hydrogen) atoms. The van der Waals surface area contributed by atoms with Gasteiger partial charge in [-0.25, -0.2) is 0 Å². The Kier molecular flexibility index (Phi) is 5.82. The van der Waals surface area contributed by atoms with Gasteiger partial charge in [-0.2, -0.15) is 0 Å². The third-order valence-corrected chi connectivity index (χ3v) is 4.42. The predicted molar refractivity (Wildman–Crippen MR) is 90.6 cm³/mol. The van der Waals surface area contributed by atoms with E-state index in [-0.39, 0.29) is 18.5 Å². The third-order valence-electron chi connectivity index (χ3n) is 3.23. The number of carbonyl (C=O) groups is 2. The van der Waals surface area contributed by atoms with Crippen LogP contribution in [0, 0.1) is 6.92 Å². The average Bonchev–Trinajstić information content (AvgIpc) is 2.54. The van der Waals surface area contributed by atoms with Crippen LogP contribution in [0.15, 0.2) is 52.3 Å². The van der Waals surface area contributed by atoms with Crippen molar-refractivity contribution in [2.75, 3.05) is 7.05 Å². The summed E-state index contributed by atoms with van der Waals surface area (Å²) >= 11 is 1.49. The Labute approximate surface area is 140 Å². The second-order valence-electron chi connectivity index (χ2n) is 5.07. The molecule has 0 saturated carbocycles. The number of amides is 1. The number of esters is 1. The van der Waals surface area contributed by atoms with Crippen LogP contribution >= 0.6 is 11.8 Å². The second-order valence-corrected chi connectivity index (χ2v) is 6.15. The van der Waals surface area contributed by atoms with E-state index < -0.39 is 0 Å². The minimum absolute atomic E-state index is 0.117. The molecule has 0 radical (unpaired) electrons. The monoisotopic (exact) mass is 329 g/mol. The fourth-order valence-electron chi connectivity index (χ4n) is 2.07. The lowest BCUT2D eigenvalue weighted by Crippen LogP contribution is -2.18. The number of hydrogen-bond acceptors (Lipinski definition) is 4. The summed E-state index contributed by atoms with van der Waals surface area (Å²) in [7, 11) is 1.62. The van der Waals surface area contributed by atoms with E-state index in [0.29, 0.717) is 5.56 Å². The van der Waals surface area contributed by atoms with E-state index in [1.807, 2.05) is 49.4 Å². The van der Waals surface area contributed by atoms with Gasteiger partial charge in [0.05, 0.1) is 5.56 Å². The highest BCUT2D eigenvalue weighted by molar-refractivity contribution is 7.99. The summed E-state index contributed by atoms with van der Waals surface area (Å²) in [4.78, 5) is 24.9. The Morgan fingerprint density at radius 3 is 2.57 bits per heavy atom. The van der Waals surface area contributed by atoms with Gasteiger partial charge in [-0.3, -0.25) is 9.59 Å². The Bertz CT molecular complexity index is 728. The summed E-state index contributed by atoms with van der Waals surface area (Å²) in [5, 5.41) is 2.67. The molecule has 0 saturated heterocycles. The van der Waals surface area contributed by atoms with Crippen molar-refractivity contribution in [1.82, 2.24) is 5.32 Å². The van der Waals surface area contributed by atoms with Crippen LogP contribution in [0.5, 0.6) is 0 Å². The first kappa shape index (κ1) is 17.1. The minimum atomic E-state index is -0.314. The largest absolute Gasteiger partial charge is 0.461 e. The van der Waals surface area contributed by atoms with Crippen LogP contribution < -0.4 is 5.32 Å². The third kappa shape index (κ3) is 4.60. The molecule has 0 aromatic heterocycles. The molecule has 2 aromatic carbocycles. The van der Waals surface area contributed by atoms with Gasteiger partial charge in [0.1, 0.15) is 6.61 Å². The highest BCUT2D eigenvalue weighted by Gasteiger charge is 2.13. The molecule has 0 atom stereocenters. The molecule has 2 aromatic rings. The lowest BCUT2D eigenvalue weighted by molar-refractivity contribution is -0.142. The van der Waals surface area contributed by atoms with Crippen LogP contribution in [0.2, 0.25) is 0 Å². The summed E-state index contributed by atoms with van der Waals surface area (Å²) in [6, 6.07) is 13.5. The van der Waals surface area contributed by atoms with E-state index in [4.69, 9.17) is 4.74 Å². The van der Waals surface area contributed by atoms with Crippen molar-refractivity contribution in [2.45, 2.75) is 30.2 Å². The Hall–Kier alpha value is -2.27. The van der Waals surface area contributed by atoms with Gasteiger partial charge in [0.15, 0.2) is 0 Å². The first-order valence-electron chi connectivity index (χ1n) is 7.23. The molecule has 1 amide bonds. The number of carbonyl (C=O) groups excluding carboxylic acids is 2. The second kappa shape index (κ2) is 7.83. The van der Waals surface area contributed by atoms with Crippen molar-refractivity contribution < 1.29 is 14.3 Å². The van der Waals surface area contributed by atoms with E-state index >= 15 is 0 Å². The summed E-state index contributed by atoms with van der Waals surface area (Å²) < 4.78 is 5.09. The number of rotatable bonds is 5. The Morgan fingerprint density at radius 1 is 1.13 bits per heavy atom. The highest BCUT2D eigenvalue weighted by atomic mass is 32.2. The zero-order valence-corrected chi connectivity index (χ0v) is 14.2. The fourth-order valence-corrected chi connectivity index (χ4v) is 3.10. The molecule has 120 valence electrons. The molecule has 0 heterocycles. The van der Waals surface area contributed by atoms with Gasteiger partial charge in [-0.15, -0.1) is 0 Å². The maximum absolute atomic E-state index is 12.1. The smallest absolute Gasteiger partial charge is 0.302 e. The van der Waals surface area contributed by atoms with Crippen LogP contribution in [0.1, 0.15) is 28.4 Å². The van der Waals surface area contributed by atoms with Crippen molar-refractivity contribution >= 4 is 23.6 Å². The number of nitrogens with one attached hydrogen (secondary N) is 1. The van der Waals surface area contributed by atoms with Crippen molar-refractivity contribution in [3.05, 3.63) is 59.2 Å². The first-order valence-corrected chi connectivity index (χ1v) is 8.04. The van der Waals surface area contributed by atoms with E-state index in [9.17, 15) is 9.59 Å². The maximum atomic E-state index is 12.1. The number of hydrogen-bond donors (Lipinski definition) is 1. The molecule has 0 aliphatic rings. The summed E-state index contributed by atoms with van der Waals surface area (Å²) in [6.45, 7) is 3.56. The zero-order valence-electron chi connectivity index (χ0n) is 13.4. The number of aryl methyl sites for hydroxylation is 1. The molecular formula is C18H19NO3S. The molecule has 4 nitrogen and oxygen atoms in total. The number of ether oxygens (including phenoxy) is 1. The maximum Gasteiger partial charge on any atom is 0.302 e. The quantitative estimate of drug-likeness (QED) is 0.852. The Balaban J connectivity index is 2.32. The molecule has 2 rings (SSSR count). The zero-order chi connectivity index (χ0) is 16.8. The molecule has 5 heteroatoms. The molecule has 0 unspecified atom stereocenters. The van der Waals surface area contributed by atoms with E-state index in [1.54, 1.807) is 7.05 Å². The molecule has 0 spiro atoms. The Morgan fingerprint density at radius 2 is 1.87 bits per heavy atom. The topological polar surface area (TPSA) is 55.4 Å². The molecule has 0 aliphatic heterocycles. The van der Waals surface area contributed by atoms with Crippen LogP contribution in [0.4, 0.5) is 0 Å². The van der Waals surface area contributed by atoms with Gasteiger partial charge in [0.2, 0.25) is 0 Å². The minimum Gasteiger partial charge on any atom is -0.461 e. The van der Waals surface area contributed by atoms with E-state index in [2.05, 4.69) is 5.32 Å². The highest BCUT2D eigenvalue weighted by Crippen LogP contribution is 2.33. The van der Waals surface area contributed by atoms with Gasteiger partial charge in [0.25, 0.3) is 5.91 Å². The summed E-state index contributed by atoms with van der Waals surface area (Å²) in [5.74, 6) is -0.431. The first-order chi connectivity index (χ1) is 11.0. The lowest BCUT2D eigenvalue weighted by Gasteiger charge is -2.12. The van der Waals surface area contributed by atoms with Gasteiger partial charge in [-0.1, -0.05) is 41.6 Å². The van der Waals surface area contributed by atoms with Crippen molar-refractivity contribution in [1.29, 1.82) is 0 Å². The van der Waals surface area contributed by atoms with Gasteiger partial charge in [0, 0.05) is 29.3 Å². The van der Waals surface area contributed by atoms with Gasteiger partial charge < -0.3 is 10.1 Å². The average molecular weight is 329 g/mol. The summed E-state index contributed by atoms with van der Waals surface area (Å²) in [5.41, 5.74) is 2.58. The summed E-state index contributed by atoms with van der Waals surface area (Å²) in [6.07, 6.45) is 0. The fraction of sp³-hybridized carbons (Fsp3) is 0.222.